The molecular formula is C19H22Cl2N2O. The Morgan fingerprint density at radius 2 is 1.88 bits per heavy atom. The van der Waals surface area contributed by atoms with Crippen molar-refractivity contribution < 1.29 is 4.74 Å². The average molecular weight is 365 g/mol. The summed E-state index contributed by atoms with van der Waals surface area (Å²) in [4.78, 5) is 0. The van der Waals surface area contributed by atoms with Crippen LogP contribution in [-0.4, -0.2) is 19.7 Å². The third-order valence-electron chi connectivity index (χ3n) is 4.51. The molecule has 128 valence electrons. The summed E-state index contributed by atoms with van der Waals surface area (Å²) in [5.41, 5.74) is 2.22. The molecule has 2 aromatic rings. The normalized spacial score (nSPS) is 20.8. The third kappa shape index (κ3) is 4.04. The Morgan fingerprint density at radius 1 is 1.17 bits per heavy atom. The van der Waals surface area contributed by atoms with Gasteiger partial charge in [-0.1, -0.05) is 53.5 Å². The van der Waals surface area contributed by atoms with E-state index in [2.05, 4.69) is 34.9 Å². The van der Waals surface area contributed by atoms with E-state index in [4.69, 9.17) is 27.9 Å². The zero-order valence-electron chi connectivity index (χ0n) is 13.7. The van der Waals surface area contributed by atoms with Crippen LogP contribution in [0, 0.1) is 0 Å². The average Bonchev–Trinajstić information content (AvgIpc) is 2.62. The number of ether oxygens (including phenoxy) is 1. The second kappa shape index (κ2) is 8.21. The fraction of sp³-hybridized carbons (Fsp3) is 0.368. The van der Waals surface area contributed by atoms with Gasteiger partial charge in [0.2, 0.25) is 0 Å². The van der Waals surface area contributed by atoms with E-state index in [9.17, 15) is 0 Å². The highest BCUT2D eigenvalue weighted by atomic mass is 35.5. The monoisotopic (exact) mass is 364 g/mol. The summed E-state index contributed by atoms with van der Waals surface area (Å²) < 4.78 is 5.20. The van der Waals surface area contributed by atoms with Crippen LogP contribution in [0.4, 0.5) is 0 Å². The number of benzene rings is 2. The standard InChI is InChI=1S/C19H22Cl2N2O/c1-24-14-10-16(20)15(17(21)11-14)12-23-18-8-5-9-22-19(18)13-6-3-2-4-7-13/h2-4,6-7,10-11,18-19,22-23H,5,8-9,12H2,1H3/t18-,19-/m1/s1. The first kappa shape index (κ1) is 17.6. The zero-order chi connectivity index (χ0) is 16.9. The molecule has 2 atom stereocenters. The van der Waals surface area contributed by atoms with Crippen LogP contribution < -0.4 is 15.4 Å². The summed E-state index contributed by atoms with van der Waals surface area (Å²) >= 11 is 12.7. The molecule has 0 radical (unpaired) electrons. The summed E-state index contributed by atoms with van der Waals surface area (Å²) in [6.07, 6.45) is 2.28. The van der Waals surface area contributed by atoms with Gasteiger partial charge >= 0.3 is 0 Å². The Bertz CT molecular complexity index is 655. The summed E-state index contributed by atoms with van der Waals surface area (Å²) in [5, 5.41) is 8.52. The molecule has 0 unspecified atom stereocenters. The highest BCUT2D eigenvalue weighted by molar-refractivity contribution is 6.36. The van der Waals surface area contributed by atoms with E-state index in [-0.39, 0.29) is 0 Å². The van der Waals surface area contributed by atoms with Gasteiger partial charge in [0.15, 0.2) is 0 Å². The molecule has 3 rings (SSSR count). The number of hydrogen-bond acceptors (Lipinski definition) is 3. The van der Waals surface area contributed by atoms with Crippen molar-refractivity contribution in [2.75, 3.05) is 13.7 Å². The Morgan fingerprint density at radius 3 is 2.54 bits per heavy atom. The van der Waals surface area contributed by atoms with Gasteiger partial charge in [-0.25, -0.2) is 0 Å². The molecule has 3 nitrogen and oxygen atoms in total. The molecule has 0 saturated carbocycles. The van der Waals surface area contributed by atoms with Crippen LogP contribution in [0.5, 0.6) is 5.75 Å². The Hall–Kier alpha value is -1.26. The lowest BCUT2D eigenvalue weighted by Gasteiger charge is -2.34. The molecule has 0 aromatic heterocycles. The van der Waals surface area contributed by atoms with E-state index in [1.807, 2.05) is 6.07 Å². The molecule has 2 aromatic carbocycles. The highest BCUT2D eigenvalue weighted by Crippen LogP contribution is 2.31. The van der Waals surface area contributed by atoms with Gasteiger partial charge in [-0.15, -0.1) is 0 Å². The minimum absolute atomic E-state index is 0.302. The molecule has 1 aliphatic heterocycles. The van der Waals surface area contributed by atoms with Crippen LogP contribution >= 0.6 is 23.2 Å². The smallest absolute Gasteiger partial charge is 0.121 e. The van der Waals surface area contributed by atoms with Crippen LogP contribution in [0.15, 0.2) is 42.5 Å². The maximum Gasteiger partial charge on any atom is 0.121 e. The van der Waals surface area contributed by atoms with Crippen molar-refractivity contribution in [3.05, 3.63) is 63.6 Å². The predicted molar refractivity (Wildman–Crippen MR) is 100 cm³/mol. The fourth-order valence-corrected chi connectivity index (χ4v) is 3.82. The minimum Gasteiger partial charge on any atom is -0.497 e. The maximum absolute atomic E-state index is 6.36. The van der Waals surface area contributed by atoms with Crippen LogP contribution in [0.3, 0.4) is 0 Å². The molecule has 1 heterocycles. The van der Waals surface area contributed by atoms with Gasteiger partial charge in [-0.3, -0.25) is 0 Å². The van der Waals surface area contributed by atoms with Crippen LogP contribution in [0.1, 0.15) is 30.0 Å². The summed E-state index contributed by atoms with van der Waals surface area (Å²) in [5.74, 6) is 0.676. The lowest BCUT2D eigenvalue weighted by Crippen LogP contribution is -2.45. The van der Waals surface area contributed by atoms with Crippen LogP contribution in [-0.2, 0) is 6.54 Å². The number of methoxy groups -OCH3 is 1. The van der Waals surface area contributed by atoms with Crippen molar-refractivity contribution in [2.45, 2.75) is 31.5 Å². The van der Waals surface area contributed by atoms with Crippen LogP contribution in [0.2, 0.25) is 10.0 Å². The molecule has 0 amide bonds. The number of nitrogens with one attached hydrogen (secondary N) is 2. The van der Waals surface area contributed by atoms with Gasteiger partial charge in [0.25, 0.3) is 0 Å². The lowest BCUT2D eigenvalue weighted by molar-refractivity contribution is 0.304. The molecule has 1 saturated heterocycles. The van der Waals surface area contributed by atoms with Gasteiger partial charge in [-0.2, -0.15) is 0 Å². The Balaban J connectivity index is 1.73. The van der Waals surface area contributed by atoms with E-state index in [1.165, 1.54) is 5.56 Å². The zero-order valence-corrected chi connectivity index (χ0v) is 15.2. The first-order valence-electron chi connectivity index (χ1n) is 8.22. The molecule has 1 fully saturated rings. The van der Waals surface area contributed by atoms with Crippen molar-refractivity contribution in [2.24, 2.45) is 0 Å². The Labute approximate surface area is 153 Å². The SMILES string of the molecule is COc1cc(Cl)c(CN[C@@H]2CCCN[C@@H]2c2ccccc2)c(Cl)c1. The molecule has 0 bridgehead atoms. The van der Waals surface area contributed by atoms with E-state index >= 15 is 0 Å². The third-order valence-corrected chi connectivity index (χ3v) is 5.18. The van der Waals surface area contributed by atoms with Crippen molar-refractivity contribution in [1.82, 2.24) is 10.6 Å². The van der Waals surface area contributed by atoms with Crippen molar-refractivity contribution >= 4 is 23.2 Å². The number of hydrogen-bond donors (Lipinski definition) is 2. The van der Waals surface area contributed by atoms with Gasteiger partial charge in [0, 0.05) is 24.2 Å². The predicted octanol–water partition coefficient (Wildman–Crippen LogP) is 4.58. The van der Waals surface area contributed by atoms with Gasteiger partial charge in [0.1, 0.15) is 5.75 Å². The number of rotatable bonds is 5. The molecular weight excluding hydrogens is 343 g/mol. The lowest BCUT2D eigenvalue weighted by atomic mass is 9.92. The van der Waals surface area contributed by atoms with E-state index < -0.39 is 0 Å². The largest absolute Gasteiger partial charge is 0.497 e. The van der Waals surface area contributed by atoms with E-state index in [1.54, 1.807) is 19.2 Å². The molecule has 24 heavy (non-hydrogen) atoms. The van der Waals surface area contributed by atoms with Crippen molar-refractivity contribution in [1.29, 1.82) is 0 Å². The maximum atomic E-state index is 6.36. The van der Waals surface area contributed by atoms with Gasteiger partial charge < -0.3 is 15.4 Å². The van der Waals surface area contributed by atoms with Gasteiger partial charge in [-0.05, 0) is 37.1 Å². The molecule has 5 heteroatoms. The summed E-state index contributed by atoms with van der Waals surface area (Å²) in [7, 11) is 1.61. The minimum atomic E-state index is 0.302. The molecule has 1 aliphatic rings. The molecule has 0 spiro atoms. The quantitative estimate of drug-likeness (QED) is 0.814. The van der Waals surface area contributed by atoms with E-state index in [0.717, 1.165) is 24.9 Å². The van der Waals surface area contributed by atoms with Crippen molar-refractivity contribution in [3.63, 3.8) is 0 Å². The van der Waals surface area contributed by atoms with Crippen molar-refractivity contribution in [3.8, 4) is 5.75 Å². The highest BCUT2D eigenvalue weighted by Gasteiger charge is 2.26. The number of halogens is 2. The van der Waals surface area contributed by atoms with E-state index in [0.29, 0.717) is 34.4 Å². The number of piperidine rings is 1. The fourth-order valence-electron chi connectivity index (χ4n) is 3.22. The summed E-state index contributed by atoms with van der Waals surface area (Å²) in [6, 6.07) is 14.8. The first-order chi connectivity index (χ1) is 11.7. The Kier molecular flexibility index (Phi) is 6.01. The van der Waals surface area contributed by atoms with Crippen LogP contribution in [0.25, 0.3) is 0 Å². The molecule has 0 aliphatic carbocycles. The second-order valence-corrected chi connectivity index (χ2v) is 6.86. The summed E-state index contributed by atoms with van der Waals surface area (Å²) in [6.45, 7) is 1.68. The topological polar surface area (TPSA) is 33.3 Å². The molecule has 2 N–H and O–H groups in total. The second-order valence-electron chi connectivity index (χ2n) is 6.04. The first-order valence-corrected chi connectivity index (χ1v) is 8.98. The van der Waals surface area contributed by atoms with Gasteiger partial charge in [0.05, 0.1) is 17.2 Å².